The Bertz CT molecular complexity index is 442. The summed E-state index contributed by atoms with van der Waals surface area (Å²) < 4.78 is 0. The van der Waals surface area contributed by atoms with Crippen molar-refractivity contribution >= 4 is 0 Å². The second kappa shape index (κ2) is 7.83. The molecule has 0 aromatic heterocycles. The van der Waals surface area contributed by atoms with E-state index >= 15 is 0 Å². The van der Waals surface area contributed by atoms with Crippen LogP contribution in [0.1, 0.15) is 24.5 Å². The molecule has 20 heavy (non-hydrogen) atoms. The minimum Gasteiger partial charge on any atom is -0.392 e. The molecular formula is C18H23NO. The topological polar surface area (TPSA) is 23.5 Å². The van der Waals surface area contributed by atoms with Crippen molar-refractivity contribution in [3.8, 4) is 0 Å². The molecule has 2 aromatic rings. The highest BCUT2D eigenvalue weighted by atomic mass is 16.3. The average molecular weight is 269 g/mol. The van der Waals surface area contributed by atoms with Gasteiger partial charge in [-0.05, 0) is 17.5 Å². The molecule has 1 atom stereocenters. The molecule has 0 bridgehead atoms. The van der Waals surface area contributed by atoms with Crippen molar-refractivity contribution in [3.63, 3.8) is 0 Å². The third-order valence-electron chi connectivity index (χ3n) is 3.44. The van der Waals surface area contributed by atoms with Gasteiger partial charge in [-0.3, -0.25) is 4.90 Å². The Labute approximate surface area is 121 Å². The van der Waals surface area contributed by atoms with E-state index in [9.17, 15) is 5.11 Å². The highest BCUT2D eigenvalue weighted by Gasteiger charge is 2.11. The molecule has 2 aromatic carbocycles. The summed E-state index contributed by atoms with van der Waals surface area (Å²) in [5, 5.41) is 9.94. The first kappa shape index (κ1) is 14.8. The molecule has 0 amide bonds. The third-order valence-corrected chi connectivity index (χ3v) is 3.44. The first-order valence-electron chi connectivity index (χ1n) is 7.26. The second-order valence-corrected chi connectivity index (χ2v) is 5.20. The molecule has 0 aliphatic carbocycles. The summed E-state index contributed by atoms with van der Waals surface area (Å²) in [5.74, 6) is 0. The smallest absolute Gasteiger partial charge is 0.0664 e. The van der Waals surface area contributed by atoms with E-state index < -0.39 is 0 Å². The fourth-order valence-corrected chi connectivity index (χ4v) is 2.30. The molecule has 1 N–H and O–H groups in total. The molecule has 0 saturated carbocycles. The van der Waals surface area contributed by atoms with E-state index in [1.54, 1.807) is 0 Å². The largest absolute Gasteiger partial charge is 0.392 e. The van der Waals surface area contributed by atoms with Crippen LogP contribution in [-0.4, -0.2) is 22.7 Å². The van der Waals surface area contributed by atoms with Crippen molar-refractivity contribution in [2.45, 2.75) is 32.5 Å². The Morgan fingerprint density at radius 2 is 1.30 bits per heavy atom. The van der Waals surface area contributed by atoms with Crippen LogP contribution in [0.2, 0.25) is 0 Å². The number of aliphatic hydroxyl groups is 1. The average Bonchev–Trinajstić information content (AvgIpc) is 2.49. The van der Waals surface area contributed by atoms with E-state index in [1.807, 2.05) is 19.1 Å². The molecule has 0 spiro atoms. The third kappa shape index (κ3) is 4.80. The minimum absolute atomic E-state index is 0.262. The van der Waals surface area contributed by atoms with E-state index in [2.05, 4.69) is 53.4 Å². The Morgan fingerprint density at radius 1 is 0.850 bits per heavy atom. The Morgan fingerprint density at radius 3 is 1.70 bits per heavy atom. The molecule has 2 nitrogen and oxygen atoms in total. The fourth-order valence-electron chi connectivity index (χ4n) is 2.30. The van der Waals surface area contributed by atoms with E-state index in [4.69, 9.17) is 0 Å². The lowest BCUT2D eigenvalue weighted by Crippen LogP contribution is -2.31. The van der Waals surface area contributed by atoms with E-state index in [1.165, 1.54) is 11.1 Å². The summed E-state index contributed by atoms with van der Waals surface area (Å²) in [6.07, 6.45) is 0.530. The minimum atomic E-state index is -0.262. The SMILES string of the molecule is CCC(O)CN(Cc1ccccc1)Cc1ccccc1. The summed E-state index contributed by atoms with van der Waals surface area (Å²) in [5.41, 5.74) is 2.57. The van der Waals surface area contributed by atoms with Gasteiger partial charge in [0.25, 0.3) is 0 Å². The van der Waals surface area contributed by atoms with Crippen LogP contribution in [-0.2, 0) is 13.1 Å². The van der Waals surface area contributed by atoms with Crippen molar-refractivity contribution in [1.82, 2.24) is 4.90 Å². The predicted octanol–water partition coefficient (Wildman–Crippen LogP) is 3.46. The molecule has 0 radical (unpaired) electrons. The summed E-state index contributed by atoms with van der Waals surface area (Å²) in [6, 6.07) is 20.9. The zero-order valence-corrected chi connectivity index (χ0v) is 12.1. The predicted molar refractivity (Wildman–Crippen MR) is 83.3 cm³/mol. The molecule has 0 saturated heterocycles. The van der Waals surface area contributed by atoms with E-state index in [0.29, 0.717) is 6.54 Å². The lowest BCUT2D eigenvalue weighted by molar-refractivity contribution is 0.101. The number of hydrogen-bond acceptors (Lipinski definition) is 2. The Hall–Kier alpha value is -1.64. The van der Waals surface area contributed by atoms with Crippen LogP contribution in [0.5, 0.6) is 0 Å². The van der Waals surface area contributed by atoms with Gasteiger partial charge in [-0.25, -0.2) is 0 Å². The summed E-state index contributed by atoms with van der Waals surface area (Å²) >= 11 is 0. The molecule has 0 aliphatic rings. The van der Waals surface area contributed by atoms with Crippen LogP contribution in [0.15, 0.2) is 60.7 Å². The second-order valence-electron chi connectivity index (χ2n) is 5.20. The number of benzene rings is 2. The number of rotatable bonds is 7. The van der Waals surface area contributed by atoms with Gasteiger partial charge in [0.1, 0.15) is 0 Å². The molecule has 0 fully saturated rings. The molecular weight excluding hydrogens is 246 g/mol. The fraction of sp³-hybridized carbons (Fsp3) is 0.333. The maximum absolute atomic E-state index is 9.94. The standard InChI is InChI=1S/C18H23NO/c1-2-18(20)15-19(13-16-9-5-3-6-10-16)14-17-11-7-4-8-12-17/h3-12,18,20H,2,13-15H2,1H3. The van der Waals surface area contributed by atoms with Crippen molar-refractivity contribution < 1.29 is 5.11 Å². The molecule has 106 valence electrons. The monoisotopic (exact) mass is 269 g/mol. The van der Waals surface area contributed by atoms with E-state index in [0.717, 1.165) is 19.5 Å². The lowest BCUT2D eigenvalue weighted by atomic mass is 10.1. The van der Waals surface area contributed by atoms with Gasteiger partial charge in [0, 0.05) is 19.6 Å². The van der Waals surface area contributed by atoms with Gasteiger partial charge in [0.2, 0.25) is 0 Å². The highest BCUT2D eigenvalue weighted by molar-refractivity contribution is 5.17. The van der Waals surface area contributed by atoms with Crippen LogP contribution in [0, 0.1) is 0 Å². The van der Waals surface area contributed by atoms with Crippen LogP contribution < -0.4 is 0 Å². The van der Waals surface area contributed by atoms with Gasteiger partial charge in [-0.2, -0.15) is 0 Å². The Balaban J connectivity index is 2.04. The van der Waals surface area contributed by atoms with Crippen LogP contribution in [0.3, 0.4) is 0 Å². The molecule has 1 unspecified atom stereocenters. The van der Waals surface area contributed by atoms with Gasteiger partial charge in [0.05, 0.1) is 6.10 Å². The first-order chi connectivity index (χ1) is 9.78. The van der Waals surface area contributed by atoms with Crippen molar-refractivity contribution in [3.05, 3.63) is 71.8 Å². The zero-order chi connectivity index (χ0) is 14.2. The summed E-state index contributed by atoms with van der Waals surface area (Å²) in [4.78, 5) is 2.30. The summed E-state index contributed by atoms with van der Waals surface area (Å²) in [6.45, 7) is 4.47. The molecule has 2 heteroatoms. The number of hydrogen-bond donors (Lipinski definition) is 1. The first-order valence-corrected chi connectivity index (χ1v) is 7.26. The van der Waals surface area contributed by atoms with Crippen LogP contribution in [0.25, 0.3) is 0 Å². The van der Waals surface area contributed by atoms with Crippen molar-refractivity contribution in [1.29, 1.82) is 0 Å². The van der Waals surface area contributed by atoms with Gasteiger partial charge < -0.3 is 5.11 Å². The quantitative estimate of drug-likeness (QED) is 0.832. The van der Waals surface area contributed by atoms with Gasteiger partial charge >= 0.3 is 0 Å². The lowest BCUT2D eigenvalue weighted by Gasteiger charge is -2.25. The number of aliphatic hydroxyl groups excluding tert-OH is 1. The highest BCUT2D eigenvalue weighted by Crippen LogP contribution is 2.11. The van der Waals surface area contributed by atoms with Gasteiger partial charge in [-0.15, -0.1) is 0 Å². The van der Waals surface area contributed by atoms with Crippen LogP contribution >= 0.6 is 0 Å². The van der Waals surface area contributed by atoms with Gasteiger partial charge in [-0.1, -0.05) is 67.6 Å². The van der Waals surface area contributed by atoms with E-state index in [-0.39, 0.29) is 6.10 Å². The summed E-state index contributed by atoms with van der Waals surface area (Å²) in [7, 11) is 0. The normalized spacial score (nSPS) is 12.6. The zero-order valence-electron chi connectivity index (χ0n) is 12.1. The molecule has 0 aliphatic heterocycles. The molecule has 2 rings (SSSR count). The van der Waals surface area contributed by atoms with Crippen molar-refractivity contribution in [2.24, 2.45) is 0 Å². The van der Waals surface area contributed by atoms with Crippen LogP contribution in [0.4, 0.5) is 0 Å². The van der Waals surface area contributed by atoms with Crippen molar-refractivity contribution in [2.75, 3.05) is 6.54 Å². The van der Waals surface area contributed by atoms with Gasteiger partial charge in [0.15, 0.2) is 0 Å². The number of nitrogens with zero attached hydrogens (tertiary/aromatic N) is 1. The maximum atomic E-state index is 9.94. The maximum Gasteiger partial charge on any atom is 0.0664 e. The molecule has 0 heterocycles. The Kier molecular flexibility index (Phi) is 5.78.